The highest BCUT2D eigenvalue weighted by atomic mass is 16.5. The van der Waals surface area contributed by atoms with E-state index in [1.807, 2.05) is 0 Å². The Labute approximate surface area is 136 Å². The van der Waals surface area contributed by atoms with Crippen LogP contribution in [-0.4, -0.2) is 6.61 Å². The Balaban J connectivity index is 1.76. The summed E-state index contributed by atoms with van der Waals surface area (Å²) in [6, 6.07) is 9.17. The predicted molar refractivity (Wildman–Crippen MR) is 95.1 cm³/mol. The van der Waals surface area contributed by atoms with E-state index in [4.69, 9.17) is 4.74 Å². The number of unbranched alkanes of at least 4 members (excludes halogenated alkanes) is 1. The van der Waals surface area contributed by atoms with Crippen molar-refractivity contribution in [2.75, 3.05) is 6.61 Å². The summed E-state index contributed by atoms with van der Waals surface area (Å²) in [7, 11) is 0. The van der Waals surface area contributed by atoms with Gasteiger partial charge in [0.05, 0.1) is 6.61 Å². The van der Waals surface area contributed by atoms with Crippen molar-refractivity contribution in [3.8, 4) is 0 Å². The monoisotopic (exact) mass is 300 g/mol. The molecule has 1 heteroatoms. The second-order valence-corrected chi connectivity index (χ2v) is 6.67. The molecule has 1 aliphatic carbocycles. The molecule has 0 amide bonds. The molecule has 0 bridgehead atoms. The van der Waals surface area contributed by atoms with Gasteiger partial charge >= 0.3 is 0 Å². The fourth-order valence-corrected chi connectivity index (χ4v) is 3.38. The average Bonchev–Trinajstić information content (AvgIpc) is 2.58. The van der Waals surface area contributed by atoms with E-state index in [1.54, 1.807) is 0 Å². The molecule has 0 aromatic heterocycles. The Hall–Kier alpha value is -1.08. The fourth-order valence-electron chi connectivity index (χ4n) is 3.38. The van der Waals surface area contributed by atoms with Crippen LogP contribution in [-0.2, 0) is 11.3 Å². The minimum atomic E-state index is 0.760. The second-order valence-electron chi connectivity index (χ2n) is 6.67. The first-order valence-corrected chi connectivity index (χ1v) is 9.11. The molecule has 1 fully saturated rings. The van der Waals surface area contributed by atoms with E-state index >= 15 is 0 Å². The van der Waals surface area contributed by atoms with Gasteiger partial charge in [-0.1, -0.05) is 49.8 Å². The van der Waals surface area contributed by atoms with Gasteiger partial charge in [-0.25, -0.2) is 0 Å². The van der Waals surface area contributed by atoms with Crippen LogP contribution in [0.4, 0.5) is 0 Å². The molecule has 0 aliphatic heterocycles. The van der Waals surface area contributed by atoms with Gasteiger partial charge in [-0.05, 0) is 68.4 Å². The Kier molecular flexibility index (Phi) is 7.73. The number of benzene rings is 1. The van der Waals surface area contributed by atoms with E-state index in [0.717, 1.165) is 31.5 Å². The van der Waals surface area contributed by atoms with Crippen molar-refractivity contribution in [2.24, 2.45) is 5.92 Å². The van der Waals surface area contributed by atoms with Crippen molar-refractivity contribution in [1.82, 2.24) is 0 Å². The molecule has 0 N–H and O–H groups in total. The van der Waals surface area contributed by atoms with Gasteiger partial charge in [0.1, 0.15) is 0 Å². The lowest BCUT2D eigenvalue weighted by Gasteiger charge is -2.28. The Morgan fingerprint density at radius 2 is 1.82 bits per heavy atom. The van der Waals surface area contributed by atoms with E-state index in [1.165, 1.54) is 49.7 Å². The summed E-state index contributed by atoms with van der Waals surface area (Å²) in [5, 5.41) is 0. The van der Waals surface area contributed by atoms with E-state index < -0.39 is 0 Å². The number of hydrogen-bond acceptors (Lipinski definition) is 1. The first-order valence-electron chi connectivity index (χ1n) is 9.11. The number of allylic oxidation sites excluding steroid dienone is 2. The zero-order valence-electron chi connectivity index (χ0n) is 14.4. The molecule has 2 rings (SSSR count). The summed E-state index contributed by atoms with van der Waals surface area (Å²) < 4.78 is 5.69. The molecule has 1 aliphatic rings. The number of ether oxygens (including phenoxy) is 1. The van der Waals surface area contributed by atoms with Gasteiger partial charge in [0, 0.05) is 6.61 Å². The van der Waals surface area contributed by atoms with Gasteiger partial charge in [0.2, 0.25) is 0 Å². The van der Waals surface area contributed by atoms with Crippen molar-refractivity contribution >= 4 is 0 Å². The van der Waals surface area contributed by atoms with Crippen molar-refractivity contribution in [3.63, 3.8) is 0 Å². The van der Waals surface area contributed by atoms with Gasteiger partial charge < -0.3 is 4.74 Å². The standard InChI is InChI=1S/C21H32O/c1-3-5-7-18-8-12-20(13-9-18)21-14-10-19(11-15-21)17-22-16-6-4-2/h3,5,10-11,14-15,18,20H,4,6-9,12-13,16-17H2,1-2H3. The lowest BCUT2D eigenvalue weighted by atomic mass is 9.77. The van der Waals surface area contributed by atoms with Crippen LogP contribution < -0.4 is 0 Å². The topological polar surface area (TPSA) is 9.23 Å². The molecule has 0 unspecified atom stereocenters. The van der Waals surface area contributed by atoms with Gasteiger partial charge in [0.15, 0.2) is 0 Å². The highest BCUT2D eigenvalue weighted by molar-refractivity contribution is 5.25. The lowest BCUT2D eigenvalue weighted by Crippen LogP contribution is -2.12. The molecule has 0 spiro atoms. The maximum absolute atomic E-state index is 5.69. The number of hydrogen-bond donors (Lipinski definition) is 0. The zero-order chi connectivity index (χ0) is 15.6. The molecular weight excluding hydrogens is 268 g/mol. The maximum Gasteiger partial charge on any atom is 0.0716 e. The highest BCUT2D eigenvalue weighted by Gasteiger charge is 2.21. The van der Waals surface area contributed by atoms with E-state index in [2.05, 4.69) is 50.3 Å². The van der Waals surface area contributed by atoms with Crippen LogP contribution in [0.25, 0.3) is 0 Å². The van der Waals surface area contributed by atoms with Gasteiger partial charge in [-0.15, -0.1) is 0 Å². The molecule has 1 nitrogen and oxygen atoms in total. The normalized spacial score (nSPS) is 22.3. The van der Waals surface area contributed by atoms with Crippen LogP contribution >= 0.6 is 0 Å². The molecule has 122 valence electrons. The first-order chi connectivity index (χ1) is 10.8. The predicted octanol–water partition coefficient (Wildman–Crippen LogP) is 6.24. The molecule has 1 saturated carbocycles. The molecule has 0 atom stereocenters. The third-order valence-electron chi connectivity index (χ3n) is 4.91. The molecule has 22 heavy (non-hydrogen) atoms. The Morgan fingerprint density at radius 1 is 1.09 bits per heavy atom. The first kappa shape index (κ1) is 17.3. The zero-order valence-corrected chi connectivity index (χ0v) is 14.4. The number of rotatable bonds is 8. The van der Waals surface area contributed by atoms with Crippen LogP contribution in [0.15, 0.2) is 36.4 Å². The minimum Gasteiger partial charge on any atom is -0.377 e. The molecule has 1 aromatic rings. The van der Waals surface area contributed by atoms with Crippen LogP contribution in [0.2, 0.25) is 0 Å². The van der Waals surface area contributed by atoms with Gasteiger partial charge in [0.25, 0.3) is 0 Å². The second kappa shape index (κ2) is 9.84. The Morgan fingerprint density at radius 3 is 2.45 bits per heavy atom. The quantitative estimate of drug-likeness (QED) is 0.407. The van der Waals surface area contributed by atoms with E-state index in [0.29, 0.717) is 0 Å². The highest BCUT2D eigenvalue weighted by Crippen LogP contribution is 2.37. The molecule has 0 radical (unpaired) electrons. The minimum absolute atomic E-state index is 0.760. The third-order valence-corrected chi connectivity index (χ3v) is 4.91. The smallest absolute Gasteiger partial charge is 0.0716 e. The maximum atomic E-state index is 5.69. The molecule has 1 aromatic carbocycles. The van der Waals surface area contributed by atoms with E-state index in [9.17, 15) is 0 Å². The summed E-state index contributed by atoms with van der Waals surface area (Å²) in [6.45, 7) is 5.97. The molecular formula is C21H32O. The lowest BCUT2D eigenvalue weighted by molar-refractivity contribution is 0.118. The van der Waals surface area contributed by atoms with Crippen LogP contribution in [0.3, 0.4) is 0 Å². The summed E-state index contributed by atoms with van der Waals surface area (Å²) in [5.41, 5.74) is 2.84. The van der Waals surface area contributed by atoms with Gasteiger partial charge in [-0.3, -0.25) is 0 Å². The fraction of sp³-hybridized carbons (Fsp3) is 0.619. The Bertz CT molecular complexity index is 424. The van der Waals surface area contributed by atoms with Crippen molar-refractivity contribution < 1.29 is 4.74 Å². The average molecular weight is 300 g/mol. The largest absolute Gasteiger partial charge is 0.377 e. The van der Waals surface area contributed by atoms with Crippen molar-refractivity contribution in [3.05, 3.63) is 47.5 Å². The SMILES string of the molecule is CC=CCC1CCC(c2ccc(COCCCC)cc2)CC1. The van der Waals surface area contributed by atoms with Crippen molar-refractivity contribution in [2.45, 2.75) is 71.3 Å². The summed E-state index contributed by atoms with van der Waals surface area (Å²) in [5.74, 6) is 1.69. The van der Waals surface area contributed by atoms with Crippen LogP contribution in [0, 0.1) is 5.92 Å². The molecule has 0 saturated heterocycles. The van der Waals surface area contributed by atoms with Gasteiger partial charge in [-0.2, -0.15) is 0 Å². The van der Waals surface area contributed by atoms with Crippen LogP contribution in [0.1, 0.15) is 75.8 Å². The third kappa shape index (κ3) is 5.61. The summed E-state index contributed by atoms with van der Waals surface area (Å²) >= 11 is 0. The summed E-state index contributed by atoms with van der Waals surface area (Å²) in [6.07, 6.45) is 13.6. The van der Waals surface area contributed by atoms with E-state index in [-0.39, 0.29) is 0 Å². The summed E-state index contributed by atoms with van der Waals surface area (Å²) in [4.78, 5) is 0. The van der Waals surface area contributed by atoms with Crippen LogP contribution in [0.5, 0.6) is 0 Å². The van der Waals surface area contributed by atoms with Crippen molar-refractivity contribution in [1.29, 1.82) is 0 Å². The molecule has 0 heterocycles.